The van der Waals surface area contributed by atoms with Gasteiger partial charge in [-0.1, -0.05) is 0 Å². The van der Waals surface area contributed by atoms with Gasteiger partial charge in [0.2, 0.25) is 5.91 Å². The molecule has 0 saturated carbocycles. The zero-order valence-electron chi connectivity index (χ0n) is 10.6. The fourth-order valence-corrected chi connectivity index (χ4v) is 2.33. The largest absolute Gasteiger partial charge is 0.390 e. The fourth-order valence-electron chi connectivity index (χ4n) is 2.33. The molecule has 1 amide bonds. The van der Waals surface area contributed by atoms with E-state index in [4.69, 9.17) is 9.84 Å². The molecule has 0 radical (unpaired) electrons. The second-order valence-electron chi connectivity index (χ2n) is 4.59. The monoisotopic (exact) mass is 253 g/mol. The Hall–Kier alpha value is -1.40. The minimum atomic E-state index is -0.0357. The van der Waals surface area contributed by atoms with Crippen molar-refractivity contribution in [2.45, 2.75) is 25.4 Å². The molecule has 1 atom stereocenters. The van der Waals surface area contributed by atoms with Gasteiger partial charge in [-0.15, -0.1) is 0 Å². The summed E-state index contributed by atoms with van der Waals surface area (Å²) < 4.78 is 4.87. The molecule has 1 aliphatic heterocycles. The predicted octanol–water partition coefficient (Wildman–Crippen LogP) is 0.254. The number of methoxy groups -OCH3 is 1. The molecule has 1 aromatic heterocycles. The van der Waals surface area contributed by atoms with Gasteiger partial charge >= 0.3 is 0 Å². The Morgan fingerprint density at radius 1 is 1.72 bits per heavy atom. The van der Waals surface area contributed by atoms with Crippen molar-refractivity contribution in [1.82, 2.24) is 15.1 Å². The number of aliphatic hydroxyl groups is 1. The summed E-state index contributed by atoms with van der Waals surface area (Å²) in [7, 11) is 1.53. The number of carbonyl (C=O) groups is 1. The number of aliphatic hydroxyl groups excluding tert-OH is 1. The summed E-state index contributed by atoms with van der Waals surface area (Å²) in [6.07, 6.45) is 1.99. The smallest absolute Gasteiger partial charge is 0.248 e. The molecule has 1 fully saturated rings. The maximum Gasteiger partial charge on any atom is 0.248 e. The van der Waals surface area contributed by atoms with Crippen LogP contribution in [0.25, 0.3) is 0 Å². The highest BCUT2D eigenvalue weighted by Crippen LogP contribution is 2.25. The molecular weight excluding hydrogens is 234 g/mol. The van der Waals surface area contributed by atoms with E-state index in [9.17, 15) is 4.79 Å². The number of amides is 1. The molecule has 0 aromatic carbocycles. The van der Waals surface area contributed by atoms with E-state index in [2.05, 4.69) is 10.2 Å². The van der Waals surface area contributed by atoms with Crippen molar-refractivity contribution in [2.24, 2.45) is 0 Å². The van der Waals surface area contributed by atoms with Crippen molar-refractivity contribution >= 4 is 5.91 Å². The Morgan fingerprint density at radius 2 is 2.56 bits per heavy atom. The third-order valence-electron chi connectivity index (χ3n) is 3.28. The molecule has 1 unspecified atom stereocenters. The van der Waals surface area contributed by atoms with Crippen LogP contribution >= 0.6 is 0 Å². The van der Waals surface area contributed by atoms with Gasteiger partial charge in [-0.25, -0.2) is 0 Å². The number of aromatic nitrogens is 2. The van der Waals surface area contributed by atoms with Gasteiger partial charge in [0.05, 0.1) is 18.0 Å². The topological polar surface area (TPSA) is 78.5 Å². The number of hydrogen-bond acceptors (Lipinski definition) is 4. The Morgan fingerprint density at radius 3 is 3.22 bits per heavy atom. The van der Waals surface area contributed by atoms with Crippen LogP contribution in [0.4, 0.5) is 0 Å². The van der Waals surface area contributed by atoms with Gasteiger partial charge in [-0.2, -0.15) is 5.10 Å². The Labute approximate surface area is 106 Å². The lowest BCUT2D eigenvalue weighted by atomic mass is 9.94. The third-order valence-corrected chi connectivity index (χ3v) is 3.28. The van der Waals surface area contributed by atoms with Crippen molar-refractivity contribution in [3.63, 3.8) is 0 Å². The standard InChI is InChI=1S/C12H19N3O3/c1-18-8-12(17)15-4-2-3-9(6-15)11-5-10(7-16)13-14-11/h5,9,16H,2-4,6-8H2,1H3,(H,13,14). The van der Waals surface area contributed by atoms with Crippen LogP contribution in [0.1, 0.15) is 30.1 Å². The quantitative estimate of drug-likeness (QED) is 0.806. The third kappa shape index (κ3) is 2.88. The van der Waals surface area contributed by atoms with Crippen LogP contribution in [0.5, 0.6) is 0 Å². The van der Waals surface area contributed by atoms with Crippen LogP contribution in [-0.4, -0.2) is 52.9 Å². The number of likely N-dealkylation sites (tertiary alicyclic amines) is 1. The maximum absolute atomic E-state index is 11.8. The number of H-pyrrole nitrogens is 1. The van der Waals surface area contributed by atoms with E-state index < -0.39 is 0 Å². The lowest BCUT2D eigenvalue weighted by Gasteiger charge is -2.31. The van der Waals surface area contributed by atoms with E-state index in [0.29, 0.717) is 12.2 Å². The van der Waals surface area contributed by atoms with Crippen LogP contribution in [0.3, 0.4) is 0 Å². The van der Waals surface area contributed by atoms with Gasteiger partial charge in [0, 0.05) is 26.1 Å². The average Bonchev–Trinajstić information content (AvgIpc) is 2.88. The predicted molar refractivity (Wildman–Crippen MR) is 64.9 cm³/mol. The summed E-state index contributed by atoms with van der Waals surface area (Å²) in [6, 6.07) is 1.87. The first-order valence-electron chi connectivity index (χ1n) is 6.16. The van der Waals surface area contributed by atoms with Gasteiger partial charge in [0.1, 0.15) is 6.61 Å². The first kappa shape index (κ1) is 13.0. The van der Waals surface area contributed by atoms with E-state index in [1.54, 1.807) is 0 Å². The molecular formula is C12H19N3O3. The summed E-state index contributed by atoms with van der Waals surface area (Å²) in [4.78, 5) is 13.6. The zero-order chi connectivity index (χ0) is 13.0. The molecule has 2 N–H and O–H groups in total. The number of hydrogen-bond donors (Lipinski definition) is 2. The van der Waals surface area contributed by atoms with Crippen LogP contribution in [0.2, 0.25) is 0 Å². The minimum absolute atomic E-state index is 0.0279. The molecule has 1 saturated heterocycles. The molecule has 1 aliphatic rings. The van der Waals surface area contributed by atoms with Crippen LogP contribution in [0, 0.1) is 0 Å². The Bertz CT molecular complexity index is 405. The van der Waals surface area contributed by atoms with Crippen molar-refractivity contribution in [3.05, 3.63) is 17.5 Å². The second-order valence-corrected chi connectivity index (χ2v) is 4.59. The normalized spacial score (nSPS) is 20.1. The minimum Gasteiger partial charge on any atom is -0.390 e. The summed E-state index contributed by atoms with van der Waals surface area (Å²) >= 11 is 0. The number of rotatable bonds is 4. The molecule has 0 bridgehead atoms. The highest BCUT2D eigenvalue weighted by molar-refractivity contribution is 5.77. The number of nitrogens with zero attached hydrogens (tertiary/aromatic N) is 2. The van der Waals surface area contributed by atoms with Crippen LogP contribution in [-0.2, 0) is 16.1 Å². The number of nitrogens with one attached hydrogen (secondary N) is 1. The lowest BCUT2D eigenvalue weighted by molar-refractivity contribution is -0.136. The van der Waals surface area contributed by atoms with E-state index in [-0.39, 0.29) is 25.0 Å². The Balaban J connectivity index is 1.99. The van der Waals surface area contributed by atoms with Gasteiger partial charge < -0.3 is 14.7 Å². The van der Waals surface area contributed by atoms with E-state index >= 15 is 0 Å². The second kappa shape index (κ2) is 5.97. The molecule has 2 heterocycles. The van der Waals surface area contributed by atoms with Crippen molar-refractivity contribution < 1.29 is 14.6 Å². The molecule has 100 valence electrons. The van der Waals surface area contributed by atoms with E-state index in [1.807, 2.05) is 11.0 Å². The number of aromatic amines is 1. The average molecular weight is 253 g/mol. The van der Waals surface area contributed by atoms with Crippen molar-refractivity contribution in [1.29, 1.82) is 0 Å². The molecule has 2 rings (SSSR count). The molecule has 1 aromatic rings. The first-order valence-corrected chi connectivity index (χ1v) is 6.16. The highest BCUT2D eigenvalue weighted by Gasteiger charge is 2.26. The number of carbonyl (C=O) groups excluding carboxylic acids is 1. The van der Waals surface area contributed by atoms with E-state index in [0.717, 1.165) is 25.1 Å². The summed E-state index contributed by atoms with van der Waals surface area (Å²) in [5.41, 5.74) is 1.64. The molecule has 6 nitrogen and oxygen atoms in total. The van der Waals surface area contributed by atoms with E-state index in [1.165, 1.54) is 7.11 Å². The van der Waals surface area contributed by atoms with Gasteiger partial charge in [-0.05, 0) is 18.9 Å². The van der Waals surface area contributed by atoms with Crippen LogP contribution in [0.15, 0.2) is 6.07 Å². The number of ether oxygens (including phenoxy) is 1. The van der Waals surface area contributed by atoms with Crippen molar-refractivity contribution in [3.8, 4) is 0 Å². The van der Waals surface area contributed by atoms with Crippen molar-refractivity contribution in [2.75, 3.05) is 26.8 Å². The molecule has 18 heavy (non-hydrogen) atoms. The van der Waals surface area contributed by atoms with Gasteiger partial charge in [0.25, 0.3) is 0 Å². The molecule has 0 spiro atoms. The fraction of sp³-hybridized carbons (Fsp3) is 0.667. The highest BCUT2D eigenvalue weighted by atomic mass is 16.5. The molecule has 6 heteroatoms. The zero-order valence-corrected chi connectivity index (χ0v) is 10.6. The first-order chi connectivity index (χ1) is 8.74. The SMILES string of the molecule is COCC(=O)N1CCCC(c2cc(CO)[nH]n2)C1. The lowest BCUT2D eigenvalue weighted by Crippen LogP contribution is -2.40. The van der Waals surface area contributed by atoms with Gasteiger partial charge in [-0.3, -0.25) is 9.89 Å². The number of piperidine rings is 1. The summed E-state index contributed by atoms with van der Waals surface area (Å²) in [5, 5.41) is 16.0. The maximum atomic E-state index is 11.8. The van der Waals surface area contributed by atoms with Crippen LogP contribution < -0.4 is 0 Å². The van der Waals surface area contributed by atoms with Gasteiger partial charge in [0.15, 0.2) is 0 Å². The molecule has 0 aliphatic carbocycles. The summed E-state index contributed by atoms with van der Waals surface area (Å²) in [5.74, 6) is 0.274. The Kier molecular flexibility index (Phi) is 4.33. The summed E-state index contributed by atoms with van der Waals surface area (Å²) in [6.45, 7) is 1.56.